The van der Waals surface area contributed by atoms with E-state index in [1.807, 2.05) is 37.5 Å². The summed E-state index contributed by atoms with van der Waals surface area (Å²) in [5.41, 5.74) is 2.49. The Morgan fingerprint density at radius 2 is 1.77 bits per heavy atom. The zero-order valence-electron chi connectivity index (χ0n) is 22.9. The van der Waals surface area contributed by atoms with E-state index in [0.29, 0.717) is 34.3 Å². The largest absolute Gasteiger partial charge is 0.459 e. The molecule has 1 aromatic heterocycles. The Kier molecular flexibility index (Phi) is 10.4. The van der Waals surface area contributed by atoms with Crippen molar-refractivity contribution >= 4 is 35.2 Å². The number of anilines is 1. The Hall–Kier alpha value is -3.92. The van der Waals surface area contributed by atoms with E-state index < -0.39 is 12.0 Å². The van der Waals surface area contributed by atoms with Gasteiger partial charge in [-0.3, -0.25) is 9.59 Å². The minimum absolute atomic E-state index is 0.0305. The average Bonchev–Trinajstić information content (AvgIpc) is 3.28. The van der Waals surface area contributed by atoms with Crippen LogP contribution >= 0.6 is 11.8 Å². The van der Waals surface area contributed by atoms with Gasteiger partial charge in [-0.25, -0.2) is 4.79 Å². The van der Waals surface area contributed by atoms with Crippen LogP contribution < -0.4 is 10.6 Å². The summed E-state index contributed by atoms with van der Waals surface area (Å²) in [6.07, 6.45) is 1.48. The number of aromatic nitrogens is 3. The number of nitrogens with zero attached hydrogens (tertiary/aromatic N) is 3. The van der Waals surface area contributed by atoms with E-state index in [-0.39, 0.29) is 29.6 Å². The molecule has 0 aliphatic heterocycles. The highest BCUT2D eigenvalue weighted by Crippen LogP contribution is 2.26. The summed E-state index contributed by atoms with van der Waals surface area (Å²) in [5, 5.41) is 15.1. The molecule has 0 fully saturated rings. The topological polar surface area (TPSA) is 115 Å². The first-order chi connectivity index (χ1) is 18.6. The molecule has 0 radical (unpaired) electrons. The van der Waals surface area contributed by atoms with E-state index in [9.17, 15) is 14.4 Å². The number of nitrogens with one attached hydrogen (secondary N) is 2. The Morgan fingerprint density at radius 3 is 2.41 bits per heavy atom. The van der Waals surface area contributed by atoms with E-state index in [1.54, 1.807) is 56.3 Å². The minimum atomic E-state index is -0.449. The molecule has 0 spiro atoms. The third-order valence-electron chi connectivity index (χ3n) is 5.66. The molecule has 0 saturated carbocycles. The molecule has 0 aliphatic rings. The van der Waals surface area contributed by atoms with Crippen molar-refractivity contribution in [3.05, 3.63) is 83.7 Å². The Labute approximate surface area is 233 Å². The van der Waals surface area contributed by atoms with Gasteiger partial charge in [-0.2, -0.15) is 0 Å². The van der Waals surface area contributed by atoms with Crippen LogP contribution in [0.3, 0.4) is 0 Å². The van der Waals surface area contributed by atoms with Gasteiger partial charge in [-0.15, -0.1) is 16.8 Å². The molecule has 39 heavy (non-hydrogen) atoms. The standard InChI is InChI=1S/C29H35N5O4S/c1-7-15-34-26(25(18(2)3)31-27(36)21-13-11-20(6)12-14-21)32-33-29(34)39-17-24(35)30-23-10-8-9-22(16-23)28(37)38-19(4)5/h7-14,16,18-19,25H,1,15,17H2,2-6H3,(H,30,35)(H,31,36)/t25-/m0/s1. The van der Waals surface area contributed by atoms with Crippen LogP contribution in [0.5, 0.6) is 0 Å². The quantitative estimate of drug-likeness (QED) is 0.181. The lowest BCUT2D eigenvalue weighted by molar-refractivity contribution is -0.113. The zero-order valence-corrected chi connectivity index (χ0v) is 23.7. The Morgan fingerprint density at radius 1 is 1.05 bits per heavy atom. The molecular weight excluding hydrogens is 514 g/mol. The van der Waals surface area contributed by atoms with Gasteiger partial charge in [0.1, 0.15) is 0 Å². The van der Waals surface area contributed by atoms with Crippen LogP contribution in [0.1, 0.15) is 65.8 Å². The van der Waals surface area contributed by atoms with Gasteiger partial charge in [-0.05, 0) is 57.0 Å². The summed E-state index contributed by atoms with van der Waals surface area (Å²) < 4.78 is 7.08. The first kappa shape index (κ1) is 29.6. The molecule has 206 valence electrons. The third-order valence-corrected chi connectivity index (χ3v) is 6.63. The predicted octanol–water partition coefficient (Wildman–Crippen LogP) is 5.20. The van der Waals surface area contributed by atoms with Gasteiger partial charge in [-0.1, -0.05) is 55.4 Å². The number of benzene rings is 2. The van der Waals surface area contributed by atoms with E-state index >= 15 is 0 Å². The highest BCUT2D eigenvalue weighted by Gasteiger charge is 2.26. The number of carbonyl (C=O) groups excluding carboxylic acids is 3. The number of allylic oxidation sites excluding steroid dienone is 1. The van der Waals surface area contributed by atoms with Gasteiger partial charge in [0.05, 0.1) is 23.5 Å². The number of hydrogen-bond donors (Lipinski definition) is 2. The van der Waals surface area contributed by atoms with Gasteiger partial charge < -0.3 is 19.9 Å². The van der Waals surface area contributed by atoms with Crippen LogP contribution in [0.4, 0.5) is 5.69 Å². The maximum absolute atomic E-state index is 13.0. The second-order valence-electron chi connectivity index (χ2n) is 9.67. The summed E-state index contributed by atoms with van der Waals surface area (Å²) in [5.74, 6) is -0.229. The van der Waals surface area contributed by atoms with Crippen molar-refractivity contribution in [1.82, 2.24) is 20.1 Å². The van der Waals surface area contributed by atoms with Gasteiger partial charge in [0.2, 0.25) is 5.91 Å². The van der Waals surface area contributed by atoms with Crippen LogP contribution in [0, 0.1) is 12.8 Å². The smallest absolute Gasteiger partial charge is 0.338 e. The summed E-state index contributed by atoms with van der Waals surface area (Å²) in [6, 6.07) is 13.6. The number of aryl methyl sites for hydroxylation is 1. The molecule has 9 nitrogen and oxygen atoms in total. The molecule has 0 unspecified atom stereocenters. The molecule has 0 aliphatic carbocycles. The number of carbonyl (C=O) groups is 3. The molecule has 3 rings (SSSR count). The van der Waals surface area contributed by atoms with Crippen molar-refractivity contribution in [3.8, 4) is 0 Å². The number of thioether (sulfide) groups is 1. The normalized spacial score (nSPS) is 11.8. The molecular formula is C29H35N5O4S. The molecule has 3 aromatic rings. The fraction of sp³-hybridized carbons (Fsp3) is 0.345. The number of rotatable bonds is 12. The van der Waals surface area contributed by atoms with Crippen molar-refractivity contribution in [2.45, 2.75) is 58.5 Å². The molecule has 0 bridgehead atoms. The molecule has 1 atom stereocenters. The van der Waals surface area contributed by atoms with Crippen LogP contribution in [0.25, 0.3) is 0 Å². The lowest BCUT2D eigenvalue weighted by Gasteiger charge is -2.22. The van der Waals surface area contributed by atoms with Crippen LogP contribution in [0.15, 0.2) is 66.3 Å². The minimum Gasteiger partial charge on any atom is -0.459 e. The van der Waals surface area contributed by atoms with Crippen molar-refractivity contribution in [1.29, 1.82) is 0 Å². The zero-order chi connectivity index (χ0) is 28.5. The first-order valence-electron chi connectivity index (χ1n) is 12.7. The highest BCUT2D eigenvalue weighted by molar-refractivity contribution is 7.99. The van der Waals surface area contributed by atoms with Crippen LogP contribution in [0.2, 0.25) is 0 Å². The monoisotopic (exact) mass is 549 g/mol. The molecule has 10 heteroatoms. The SMILES string of the molecule is C=CCn1c(SCC(=O)Nc2cccc(C(=O)OC(C)C)c2)nnc1[C@@H](NC(=O)c1ccc(C)cc1)C(C)C. The Balaban J connectivity index is 1.71. The molecule has 0 saturated heterocycles. The fourth-order valence-corrected chi connectivity index (χ4v) is 4.48. The lowest BCUT2D eigenvalue weighted by atomic mass is 10.0. The van der Waals surface area contributed by atoms with Gasteiger partial charge >= 0.3 is 5.97 Å². The van der Waals surface area contributed by atoms with Crippen molar-refractivity contribution in [3.63, 3.8) is 0 Å². The fourth-order valence-electron chi connectivity index (χ4n) is 3.73. The highest BCUT2D eigenvalue weighted by atomic mass is 32.2. The molecule has 2 aromatic carbocycles. The molecule has 2 N–H and O–H groups in total. The van der Waals surface area contributed by atoms with Crippen molar-refractivity contribution in [2.24, 2.45) is 5.92 Å². The second kappa shape index (κ2) is 13.7. The maximum Gasteiger partial charge on any atom is 0.338 e. The summed E-state index contributed by atoms with van der Waals surface area (Å²) in [4.78, 5) is 37.8. The van der Waals surface area contributed by atoms with Crippen molar-refractivity contribution < 1.29 is 19.1 Å². The first-order valence-corrected chi connectivity index (χ1v) is 13.7. The average molecular weight is 550 g/mol. The number of hydrogen-bond acceptors (Lipinski definition) is 7. The van der Waals surface area contributed by atoms with E-state index in [2.05, 4.69) is 27.4 Å². The molecule has 1 heterocycles. The second-order valence-corrected chi connectivity index (χ2v) is 10.6. The van der Waals surface area contributed by atoms with Crippen molar-refractivity contribution in [2.75, 3.05) is 11.1 Å². The number of ether oxygens (including phenoxy) is 1. The summed E-state index contributed by atoms with van der Waals surface area (Å²) in [7, 11) is 0. The maximum atomic E-state index is 13.0. The van der Waals surface area contributed by atoms with E-state index in [1.165, 1.54) is 11.8 Å². The van der Waals surface area contributed by atoms with E-state index in [0.717, 1.165) is 5.56 Å². The Bertz CT molecular complexity index is 1320. The lowest BCUT2D eigenvalue weighted by Crippen LogP contribution is -2.33. The number of esters is 1. The van der Waals surface area contributed by atoms with Gasteiger partial charge in [0, 0.05) is 17.8 Å². The summed E-state index contributed by atoms with van der Waals surface area (Å²) in [6.45, 7) is 13.8. The van der Waals surface area contributed by atoms with Gasteiger partial charge in [0.15, 0.2) is 11.0 Å². The van der Waals surface area contributed by atoms with Crippen LogP contribution in [-0.2, 0) is 16.1 Å². The number of amides is 2. The summed E-state index contributed by atoms with van der Waals surface area (Å²) >= 11 is 1.23. The van der Waals surface area contributed by atoms with Gasteiger partial charge in [0.25, 0.3) is 5.91 Å². The van der Waals surface area contributed by atoms with E-state index in [4.69, 9.17) is 4.74 Å². The molecule has 2 amide bonds. The predicted molar refractivity (Wildman–Crippen MR) is 153 cm³/mol. The van der Waals surface area contributed by atoms with Crippen LogP contribution in [-0.4, -0.2) is 44.4 Å². The third kappa shape index (κ3) is 8.28.